The van der Waals surface area contributed by atoms with Gasteiger partial charge in [-0.3, -0.25) is 29.0 Å². The van der Waals surface area contributed by atoms with Gasteiger partial charge in [0.1, 0.15) is 23.0 Å². The standard InChI is InChI=1S/C36H28N2O6/c39-33-29-19-1-2-20(17-19)30(29)34(40)37(33)23-5-9-25(10-6-23)43-27-13-15-28(16-14-27)44-26-11-7-24(8-12-26)38-35(41)31-21-3-4-22(18-21)32(31)36(38)42/h1-16,19-22,29-32H,17-18H2. The van der Waals surface area contributed by atoms with E-state index in [-0.39, 0.29) is 71.0 Å². The second kappa shape index (κ2) is 9.26. The molecule has 0 spiro atoms. The zero-order chi connectivity index (χ0) is 29.7. The number of hydrogen-bond donors (Lipinski definition) is 0. The van der Waals surface area contributed by atoms with E-state index in [0.29, 0.717) is 34.4 Å². The van der Waals surface area contributed by atoms with Crippen LogP contribution in [0.3, 0.4) is 0 Å². The van der Waals surface area contributed by atoms with E-state index in [4.69, 9.17) is 9.47 Å². The van der Waals surface area contributed by atoms with Gasteiger partial charge in [0.15, 0.2) is 0 Å². The van der Waals surface area contributed by atoms with Crippen molar-refractivity contribution in [3.63, 3.8) is 0 Å². The smallest absolute Gasteiger partial charge is 0.238 e. The topological polar surface area (TPSA) is 93.2 Å². The molecule has 4 bridgehead atoms. The molecule has 0 aromatic heterocycles. The van der Waals surface area contributed by atoms with E-state index >= 15 is 0 Å². The van der Waals surface area contributed by atoms with Crippen molar-refractivity contribution in [1.29, 1.82) is 0 Å². The number of anilines is 2. The third kappa shape index (κ3) is 3.63. The van der Waals surface area contributed by atoms with Gasteiger partial charge in [-0.15, -0.1) is 0 Å². The Bertz CT molecular complexity index is 1600. The molecule has 8 atom stereocenters. The van der Waals surface area contributed by atoms with Gasteiger partial charge in [-0.2, -0.15) is 0 Å². The van der Waals surface area contributed by atoms with E-state index in [0.717, 1.165) is 12.8 Å². The Balaban J connectivity index is 0.835. The number of carbonyl (C=O) groups is 4. The van der Waals surface area contributed by atoms with E-state index in [1.54, 1.807) is 72.8 Å². The van der Waals surface area contributed by atoms with Crippen LogP contribution in [0.5, 0.6) is 23.0 Å². The number of imide groups is 2. The summed E-state index contributed by atoms with van der Waals surface area (Å²) in [5.74, 6) is 1.81. The fourth-order valence-electron chi connectivity index (χ4n) is 8.49. The molecule has 2 aliphatic heterocycles. The molecule has 44 heavy (non-hydrogen) atoms. The minimum Gasteiger partial charge on any atom is -0.457 e. The van der Waals surface area contributed by atoms with Gasteiger partial charge < -0.3 is 9.47 Å². The van der Waals surface area contributed by atoms with Gasteiger partial charge in [0.05, 0.1) is 35.0 Å². The molecule has 2 saturated carbocycles. The molecule has 2 saturated heterocycles. The summed E-state index contributed by atoms with van der Waals surface area (Å²) >= 11 is 0. The van der Waals surface area contributed by atoms with Gasteiger partial charge in [-0.25, -0.2) is 0 Å². The normalized spacial score (nSPS) is 32.3. The molecule has 9 rings (SSSR count). The lowest BCUT2D eigenvalue weighted by atomic mass is 9.85. The summed E-state index contributed by atoms with van der Waals surface area (Å²) in [6.45, 7) is 0. The number of ether oxygens (including phenoxy) is 2. The predicted octanol–water partition coefficient (Wildman–Crippen LogP) is 5.89. The van der Waals surface area contributed by atoms with Crippen LogP contribution in [0.2, 0.25) is 0 Å². The molecular formula is C36H28N2O6. The Labute approximate surface area is 253 Å². The van der Waals surface area contributed by atoms with Crippen LogP contribution in [-0.4, -0.2) is 23.6 Å². The molecule has 2 heterocycles. The van der Waals surface area contributed by atoms with Crippen molar-refractivity contribution in [1.82, 2.24) is 0 Å². The second-order valence-electron chi connectivity index (χ2n) is 12.7. The Hall–Kier alpha value is -4.98. The lowest BCUT2D eigenvalue weighted by Gasteiger charge is -2.18. The van der Waals surface area contributed by atoms with Crippen molar-refractivity contribution in [2.24, 2.45) is 47.3 Å². The van der Waals surface area contributed by atoms with Crippen LogP contribution in [0.25, 0.3) is 0 Å². The maximum atomic E-state index is 13.1. The number of carbonyl (C=O) groups excluding carboxylic acids is 4. The van der Waals surface area contributed by atoms with Crippen molar-refractivity contribution in [2.45, 2.75) is 12.8 Å². The van der Waals surface area contributed by atoms with Crippen molar-refractivity contribution < 1.29 is 28.7 Å². The molecule has 3 aromatic carbocycles. The minimum absolute atomic E-state index is 0.0969. The van der Waals surface area contributed by atoms with Gasteiger partial charge in [-0.05, 0) is 109 Å². The molecular weight excluding hydrogens is 556 g/mol. The monoisotopic (exact) mass is 584 g/mol. The SMILES string of the molecule is O=C1C2C3C=CC(C3)C2C(=O)N1c1ccc(Oc2ccc(Oc3ccc(N4C(=O)C5C6C=CC(C6)C5C4=O)cc3)cc2)cc1. The molecule has 8 nitrogen and oxygen atoms in total. The van der Waals surface area contributed by atoms with E-state index < -0.39 is 0 Å². The highest BCUT2D eigenvalue weighted by atomic mass is 16.5. The molecule has 6 aliphatic rings. The summed E-state index contributed by atoms with van der Waals surface area (Å²) in [6.07, 6.45) is 10.2. The first-order chi connectivity index (χ1) is 21.4. The molecule has 8 unspecified atom stereocenters. The Morgan fingerprint density at radius 3 is 0.932 bits per heavy atom. The second-order valence-corrected chi connectivity index (χ2v) is 12.7. The summed E-state index contributed by atoms with van der Waals surface area (Å²) in [5, 5.41) is 0. The first-order valence-corrected chi connectivity index (χ1v) is 15.2. The average Bonchev–Trinajstić information content (AvgIpc) is 3.89. The predicted molar refractivity (Wildman–Crippen MR) is 160 cm³/mol. The number of amides is 4. The molecule has 0 N–H and O–H groups in total. The summed E-state index contributed by atoms with van der Waals surface area (Å²) < 4.78 is 12.0. The van der Waals surface area contributed by atoms with E-state index in [1.807, 2.05) is 0 Å². The fraction of sp³-hybridized carbons (Fsp3) is 0.278. The Kier molecular flexibility index (Phi) is 5.37. The fourth-order valence-corrected chi connectivity index (χ4v) is 8.49. The summed E-state index contributed by atoms with van der Waals surface area (Å²) in [4.78, 5) is 55.0. The maximum absolute atomic E-state index is 13.1. The first kappa shape index (κ1) is 25.5. The number of fused-ring (bicyclic) bond motifs is 10. The Morgan fingerprint density at radius 2 is 0.659 bits per heavy atom. The summed E-state index contributed by atoms with van der Waals surface area (Å²) in [5.41, 5.74) is 1.14. The largest absolute Gasteiger partial charge is 0.457 e. The minimum atomic E-state index is -0.224. The lowest BCUT2D eigenvalue weighted by Crippen LogP contribution is -2.32. The number of nitrogens with zero attached hydrogens (tertiary/aromatic N) is 2. The molecule has 0 radical (unpaired) electrons. The van der Waals surface area contributed by atoms with Gasteiger partial charge in [0.25, 0.3) is 0 Å². The highest BCUT2D eigenvalue weighted by molar-refractivity contribution is 6.23. The lowest BCUT2D eigenvalue weighted by molar-refractivity contribution is -0.124. The van der Waals surface area contributed by atoms with Crippen LogP contribution in [0.15, 0.2) is 97.1 Å². The zero-order valence-corrected chi connectivity index (χ0v) is 23.6. The van der Waals surface area contributed by atoms with Crippen molar-refractivity contribution in [3.8, 4) is 23.0 Å². The summed E-state index contributed by atoms with van der Waals surface area (Å²) in [7, 11) is 0. The van der Waals surface area contributed by atoms with E-state index in [2.05, 4.69) is 24.3 Å². The molecule has 218 valence electrons. The Morgan fingerprint density at radius 1 is 0.409 bits per heavy atom. The third-order valence-corrected chi connectivity index (χ3v) is 10.4. The third-order valence-electron chi connectivity index (χ3n) is 10.4. The van der Waals surface area contributed by atoms with Gasteiger partial charge in [0, 0.05) is 0 Å². The molecule has 3 aromatic rings. The average molecular weight is 585 g/mol. The zero-order valence-electron chi connectivity index (χ0n) is 23.6. The van der Waals surface area contributed by atoms with Crippen LogP contribution in [0.4, 0.5) is 11.4 Å². The number of rotatable bonds is 6. The molecule has 4 aliphatic carbocycles. The van der Waals surface area contributed by atoms with Crippen molar-refractivity contribution in [2.75, 3.05) is 9.80 Å². The van der Waals surface area contributed by atoms with Gasteiger partial charge in [0.2, 0.25) is 23.6 Å². The van der Waals surface area contributed by atoms with Gasteiger partial charge in [-0.1, -0.05) is 24.3 Å². The van der Waals surface area contributed by atoms with E-state index in [9.17, 15) is 19.2 Å². The van der Waals surface area contributed by atoms with Crippen molar-refractivity contribution >= 4 is 35.0 Å². The first-order valence-electron chi connectivity index (χ1n) is 15.2. The molecule has 8 heteroatoms. The van der Waals surface area contributed by atoms with E-state index in [1.165, 1.54) is 9.80 Å². The maximum Gasteiger partial charge on any atom is 0.238 e. The molecule has 4 fully saturated rings. The highest BCUT2D eigenvalue weighted by Gasteiger charge is 2.60. The van der Waals surface area contributed by atoms with Crippen LogP contribution in [0.1, 0.15) is 12.8 Å². The van der Waals surface area contributed by atoms with Crippen molar-refractivity contribution in [3.05, 3.63) is 97.1 Å². The number of benzene rings is 3. The number of hydrogen-bond acceptors (Lipinski definition) is 6. The quantitative estimate of drug-likeness (QED) is 0.265. The van der Waals surface area contributed by atoms with Crippen LogP contribution in [-0.2, 0) is 19.2 Å². The van der Waals surface area contributed by atoms with Gasteiger partial charge >= 0.3 is 0 Å². The molecule has 4 amide bonds. The van der Waals surface area contributed by atoms with Crippen LogP contribution in [0, 0.1) is 47.3 Å². The van der Waals surface area contributed by atoms with Crippen LogP contribution >= 0.6 is 0 Å². The van der Waals surface area contributed by atoms with Crippen LogP contribution < -0.4 is 19.3 Å². The summed E-state index contributed by atoms with van der Waals surface area (Å²) in [6, 6.07) is 21.2. The highest BCUT2D eigenvalue weighted by Crippen LogP contribution is 2.54. The number of allylic oxidation sites excluding steroid dienone is 4.